The van der Waals surface area contributed by atoms with Gasteiger partial charge >= 0.3 is 5.97 Å². The van der Waals surface area contributed by atoms with Gasteiger partial charge in [-0.3, -0.25) is 0 Å². The number of benzene rings is 1. The van der Waals surface area contributed by atoms with Crippen molar-refractivity contribution in [3.63, 3.8) is 0 Å². The number of hydrogen-bond acceptors (Lipinski definition) is 8. The second-order valence-corrected chi connectivity index (χ2v) is 8.53. The van der Waals surface area contributed by atoms with E-state index in [1.165, 1.54) is 58.5 Å². The van der Waals surface area contributed by atoms with Crippen LogP contribution in [0.3, 0.4) is 0 Å². The van der Waals surface area contributed by atoms with Crippen molar-refractivity contribution in [2.75, 3.05) is 65.7 Å². The monoisotopic (exact) mass is 516 g/mol. The third-order valence-electron chi connectivity index (χ3n) is 5.17. The van der Waals surface area contributed by atoms with Crippen LogP contribution in [0.15, 0.2) is 18.2 Å². The first-order valence-electron chi connectivity index (χ1n) is 12.7. The minimum atomic E-state index is -1.04. The summed E-state index contributed by atoms with van der Waals surface area (Å²) in [7, 11) is 1.51. The van der Waals surface area contributed by atoms with Crippen LogP contribution in [0, 0.1) is 0 Å². The number of unbranched alkanes of at least 4 members (excludes halogenated alkanes) is 8. The fourth-order valence-electron chi connectivity index (χ4n) is 3.31. The van der Waals surface area contributed by atoms with Gasteiger partial charge in [-0.2, -0.15) is 12.6 Å². The number of carboxylic acid groups (broad SMARTS) is 1. The summed E-state index contributed by atoms with van der Waals surface area (Å²) in [5.74, 6) is 1.37. The first-order chi connectivity index (χ1) is 17.2. The fraction of sp³-hybridized carbons (Fsp3) is 0.731. The highest BCUT2D eigenvalue weighted by Gasteiger charge is 2.08. The van der Waals surface area contributed by atoms with Crippen molar-refractivity contribution < 1.29 is 38.3 Å². The number of methoxy groups -OCH3 is 1. The van der Waals surface area contributed by atoms with Gasteiger partial charge in [-0.25, -0.2) is 4.79 Å². The second kappa shape index (κ2) is 22.8. The number of ether oxygens (including phenoxy) is 6. The Hall–Kier alpha value is -1.68. The van der Waals surface area contributed by atoms with E-state index in [1.807, 2.05) is 0 Å². The molecule has 1 rings (SSSR count). The van der Waals surface area contributed by atoms with Crippen molar-refractivity contribution in [1.82, 2.24) is 0 Å². The van der Waals surface area contributed by atoms with Crippen molar-refractivity contribution in [2.45, 2.75) is 57.8 Å². The normalized spacial score (nSPS) is 10.9. The van der Waals surface area contributed by atoms with Crippen molar-refractivity contribution in [2.24, 2.45) is 0 Å². The lowest BCUT2D eigenvalue weighted by Gasteiger charge is -2.12. The highest BCUT2D eigenvalue weighted by molar-refractivity contribution is 7.80. The van der Waals surface area contributed by atoms with Crippen molar-refractivity contribution in [3.8, 4) is 17.2 Å². The maximum Gasteiger partial charge on any atom is 0.341 e. The fourth-order valence-corrected chi connectivity index (χ4v) is 3.53. The van der Waals surface area contributed by atoms with E-state index in [0.29, 0.717) is 56.9 Å². The summed E-state index contributed by atoms with van der Waals surface area (Å²) in [5, 5.41) is 8.68. The van der Waals surface area contributed by atoms with Crippen LogP contribution >= 0.6 is 12.6 Å². The molecular formula is C26H44O8S. The minimum absolute atomic E-state index is 0.352. The predicted octanol–water partition coefficient (Wildman–Crippen LogP) is 5.03. The SMILES string of the molecule is COc1cc(OCC(=O)O)ccc1OCCOCCOCCOCCCCCCCCCCCS. The summed E-state index contributed by atoms with van der Waals surface area (Å²) in [6.07, 6.45) is 11.6. The molecule has 0 amide bonds. The summed E-state index contributed by atoms with van der Waals surface area (Å²) < 4.78 is 32.7. The van der Waals surface area contributed by atoms with Gasteiger partial charge in [-0.05, 0) is 30.7 Å². The second-order valence-electron chi connectivity index (χ2n) is 8.09. The standard InChI is InChI=1S/C26H44O8S/c1-29-25-21-23(34-22-26(27)28)11-12-24(25)33-19-18-32-17-16-31-15-14-30-13-9-7-5-3-2-4-6-8-10-20-35/h11-12,21,35H,2-10,13-20,22H2,1H3,(H,27,28). The van der Waals surface area contributed by atoms with Crippen molar-refractivity contribution in [1.29, 1.82) is 0 Å². The van der Waals surface area contributed by atoms with Crippen LogP contribution < -0.4 is 14.2 Å². The molecule has 0 heterocycles. The Morgan fingerprint density at radius 1 is 0.714 bits per heavy atom. The van der Waals surface area contributed by atoms with E-state index in [-0.39, 0.29) is 0 Å². The van der Waals surface area contributed by atoms with Crippen LogP contribution in [0.4, 0.5) is 0 Å². The molecule has 1 N–H and O–H groups in total. The van der Waals surface area contributed by atoms with E-state index in [1.54, 1.807) is 18.2 Å². The van der Waals surface area contributed by atoms with Crippen LogP contribution in [0.1, 0.15) is 57.8 Å². The van der Waals surface area contributed by atoms with Gasteiger partial charge in [-0.1, -0.05) is 44.9 Å². The first-order valence-corrected chi connectivity index (χ1v) is 13.3. The average molecular weight is 517 g/mol. The molecule has 1 aromatic carbocycles. The van der Waals surface area contributed by atoms with Crippen LogP contribution in [-0.4, -0.2) is 76.8 Å². The lowest BCUT2D eigenvalue weighted by Crippen LogP contribution is -2.13. The smallest absolute Gasteiger partial charge is 0.341 e. The van der Waals surface area contributed by atoms with Gasteiger partial charge in [0.1, 0.15) is 12.4 Å². The number of rotatable bonds is 25. The third-order valence-corrected chi connectivity index (χ3v) is 5.49. The van der Waals surface area contributed by atoms with Crippen LogP contribution in [0.25, 0.3) is 0 Å². The number of aliphatic carboxylic acids is 1. The van der Waals surface area contributed by atoms with E-state index in [2.05, 4.69) is 12.6 Å². The molecule has 35 heavy (non-hydrogen) atoms. The molecule has 9 heteroatoms. The van der Waals surface area contributed by atoms with Crippen LogP contribution in [0.5, 0.6) is 17.2 Å². The van der Waals surface area contributed by atoms with Gasteiger partial charge in [-0.15, -0.1) is 0 Å². The molecule has 0 saturated carbocycles. The molecule has 0 aromatic heterocycles. The molecule has 0 fully saturated rings. The Kier molecular flexibility index (Phi) is 20.4. The average Bonchev–Trinajstić information content (AvgIpc) is 2.86. The molecule has 1 aromatic rings. The van der Waals surface area contributed by atoms with Gasteiger partial charge in [0.15, 0.2) is 18.1 Å². The largest absolute Gasteiger partial charge is 0.493 e. The van der Waals surface area contributed by atoms with Crippen LogP contribution in [-0.2, 0) is 19.0 Å². The number of hydrogen-bond donors (Lipinski definition) is 2. The Labute approximate surface area is 216 Å². The predicted molar refractivity (Wildman–Crippen MR) is 139 cm³/mol. The zero-order valence-corrected chi connectivity index (χ0v) is 22.1. The highest BCUT2D eigenvalue weighted by atomic mass is 32.1. The van der Waals surface area contributed by atoms with Gasteiger partial charge in [0.05, 0.1) is 40.1 Å². The van der Waals surface area contributed by atoms with E-state index in [4.69, 9.17) is 33.5 Å². The van der Waals surface area contributed by atoms with E-state index in [9.17, 15) is 4.79 Å². The van der Waals surface area contributed by atoms with Crippen LogP contribution in [0.2, 0.25) is 0 Å². The van der Waals surface area contributed by atoms with Crippen molar-refractivity contribution >= 4 is 18.6 Å². The summed E-state index contributed by atoms with van der Waals surface area (Å²) >= 11 is 4.24. The number of thiol groups is 1. The molecule has 0 spiro atoms. The van der Waals surface area contributed by atoms with Gasteiger partial charge in [0.25, 0.3) is 0 Å². The number of carbonyl (C=O) groups is 1. The van der Waals surface area contributed by atoms with Gasteiger partial charge < -0.3 is 33.5 Å². The first kappa shape index (κ1) is 31.4. The Morgan fingerprint density at radius 3 is 1.83 bits per heavy atom. The Bertz CT molecular complexity index is 644. The van der Waals surface area contributed by atoms with Gasteiger partial charge in [0.2, 0.25) is 0 Å². The molecule has 0 aliphatic carbocycles. The Balaban J connectivity index is 1.88. The number of carboxylic acids is 1. The molecule has 0 unspecified atom stereocenters. The van der Waals surface area contributed by atoms with E-state index >= 15 is 0 Å². The lowest BCUT2D eigenvalue weighted by atomic mass is 10.1. The quantitative estimate of drug-likeness (QED) is 0.138. The molecular weight excluding hydrogens is 472 g/mol. The zero-order chi connectivity index (χ0) is 25.4. The summed E-state index contributed by atoms with van der Waals surface area (Å²) in [4.78, 5) is 10.6. The summed E-state index contributed by atoms with van der Waals surface area (Å²) in [6.45, 7) is 3.33. The van der Waals surface area contributed by atoms with Crippen molar-refractivity contribution in [3.05, 3.63) is 18.2 Å². The summed E-state index contributed by atoms with van der Waals surface area (Å²) in [5.41, 5.74) is 0. The van der Waals surface area contributed by atoms with Gasteiger partial charge in [0, 0.05) is 12.7 Å². The minimum Gasteiger partial charge on any atom is -0.493 e. The molecule has 0 atom stereocenters. The lowest BCUT2D eigenvalue weighted by molar-refractivity contribution is -0.139. The molecule has 0 radical (unpaired) electrons. The zero-order valence-electron chi connectivity index (χ0n) is 21.2. The molecule has 0 aliphatic heterocycles. The third kappa shape index (κ3) is 18.3. The maximum atomic E-state index is 10.6. The molecule has 0 bridgehead atoms. The topological polar surface area (TPSA) is 92.7 Å². The molecule has 0 aliphatic rings. The Morgan fingerprint density at radius 2 is 1.26 bits per heavy atom. The van der Waals surface area contributed by atoms with E-state index in [0.717, 1.165) is 18.8 Å². The molecule has 202 valence electrons. The molecule has 0 saturated heterocycles. The van der Waals surface area contributed by atoms with E-state index < -0.39 is 12.6 Å². The maximum absolute atomic E-state index is 10.6. The molecule has 8 nitrogen and oxygen atoms in total. The summed E-state index contributed by atoms with van der Waals surface area (Å²) in [6, 6.07) is 4.89. The highest BCUT2D eigenvalue weighted by Crippen LogP contribution is 2.31.